The van der Waals surface area contributed by atoms with Crippen LogP contribution in [0.4, 0.5) is 0 Å². The van der Waals surface area contributed by atoms with Crippen molar-refractivity contribution in [2.75, 3.05) is 0 Å². The van der Waals surface area contributed by atoms with E-state index in [4.69, 9.17) is 0 Å². The zero-order valence-electron chi connectivity index (χ0n) is 10.3. The van der Waals surface area contributed by atoms with Crippen LogP contribution in [0.5, 0.6) is 0 Å². The molecule has 0 aliphatic heterocycles. The largest absolute Gasteiger partial charge is 0.285 e. The van der Waals surface area contributed by atoms with Gasteiger partial charge < -0.3 is 0 Å². The molecule has 0 atom stereocenters. The Morgan fingerprint density at radius 1 is 1.06 bits per heavy atom. The molecule has 0 heterocycles. The molecule has 0 fully saturated rings. The van der Waals surface area contributed by atoms with Crippen LogP contribution < -0.4 is 0 Å². The summed E-state index contributed by atoms with van der Waals surface area (Å²) in [6.07, 6.45) is 0.375. The van der Waals surface area contributed by atoms with Gasteiger partial charge in [-0.15, -0.1) is 0 Å². The van der Waals surface area contributed by atoms with E-state index < -0.39 is 0 Å². The molecule has 0 saturated heterocycles. The van der Waals surface area contributed by atoms with Crippen LogP contribution in [0.15, 0.2) is 54.6 Å². The fourth-order valence-corrected chi connectivity index (χ4v) is 1.69. The lowest BCUT2D eigenvalue weighted by atomic mass is 10.1. The van der Waals surface area contributed by atoms with Crippen LogP contribution in [-0.2, 0) is 11.2 Å². The highest BCUT2D eigenvalue weighted by molar-refractivity contribution is 5.97. The first-order valence-electron chi connectivity index (χ1n) is 5.89. The first-order chi connectivity index (χ1) is 8.74. The Hall–Kier alpha value is -2.33. The zero-order valence-corrected chi connectivity index (χ0v) is 10.3. The van der Waals surface area contributed by atoms with Crippen LogP contribution >= 0.6 is 0 Å². The van der Waals surface area contributed by atoms with Gasteiger partial charge in [0, 0.05) is 12.0 Å². The standard InChI is InChI=1S/C17H14O/c1-14-6-5-9-16(12-14)10-11-17(18)13-15-7-3-2-4-8-15/h2-9,12H,13H2,1H3. The number of hydrogen-bond acceptors (Lipinski definition) is 1. The summed E-state index contributed by atoms with van der Waals surface area (Å²) in [6.45, 7) is 2.01. The molecule has 0 bridgehead atoms. The Bertz CT molecular complexity index is 600. The van der Waals surface area contributed by atoms with Gasteiger partial charge in [-0.1, -0.05) is 48.4 Å². The lowest BCUT2D eigenvalue weighted by Gasteiger charge is -1.95. The molecule has 2 aromatic rings. The molecular formula is C17H14O. The quantitative estimate of drug-likeness (QED) is 0.729. The van der Waals surface area contributed by atoms with E-state index >= 15 is 0 Å². The normalized spacial score (nSPS) is 9.39. The monoisotopic (exact) mass is 234 g/mol. The third-order valence-corrected chi connectivity index (χ3v) is 2.57. The van der Waals surface area contributed by atoms with Crippen molar-refractivity contribution in [3.05, 3.63) is 71.3 Å². The van der Waals surface area contributed by atoms with Crippen molar-refractivity contribution in [1.29, 1.82) is 0 Å². The van der Waals surface area contributed by atoms with Crippen molar-refractivity contribution < 1.29 is 4.79 Å². The predicted octanol–water partition coefficient (Wildman–Crippen LogP) is 3.16. The maximum Gasteiger partial charge on any atom is 0.210 e. The van der Waals surface area contributed by atoms with E-state index in [9.17, 15) is 4.79 Å². The van der Waals surface area contributed by atoms with Crippen LogP contribution in [0.2, 0.25) is 0 Å². The summed E-state index contributed by atoms with van der Waals surface area (Å²) >= 11 is 0. The number of rotatable bonds is 2. The zero-order chi connectivity index (χ0) is 12.8. The second-order valence-corrected chi connectivity index (χ2v) is 4.21. The summed E-state index contributed by atoms with van der Waals surface area (Å²) in [7, 11) is 0. The number of Topliss-reactive ketones (excluding diaryl/α,β-unsaturated/α-hetero) is 1. The van der Waals surface area contributed by atoms with Gasteiger partial charge in [0.15, 0.2) is 0 Å². The Morgan fingerprint density at radius 2 is 1.83 bits per heavy atom. The van der Waals surface area contributed by atoms with Crippen molar-refractivity contribution in [1.82, 2.24) is 0 Å². The molecule has 0 radical (unpaired) electrons. The average Bonchev–Trinajstić information content (AvgIpc) is 2.38. The Balaban J connectivity index is 2.05. The minimum Gasteiger partial charge on any atom is -0.285 e. The minimum absolute atomic E-state index is 0.0530. The van der Waals surface area contributed by atoms with Crippen molar-refractivity contribution in [2.24, 2.45) is 0 Å². The average molecular weight is 234 g/mol. The van der Waals surface area contributed by atoms with Gasteiger partial charge >= 0.3 is 0 Å². The van der Waals surface area contributed by atoms with Gasteiger partial charge in [0.1, 0.15) is 0 Å². The fraction of sp³-hybridized carbons (Fsp3) is 0.118. The van der Waals surface area contributed by atoms with Crippen LogP contribution in [0.1, 0.15) is 16.7 Å². The highest BCUT2D eigenvalue weighted by Gasteiger charge is 1.98. The molecule has 0 amide bonds. The van der Waals surface area contributed by atoms with Gasteiger partial charge in [0.2, 0.25) is 5.78 Å². The van der Waals surface area contributed by atoms with Crippen LogP contribution in [0.3, 0.4) is 0 Å². The fourth-order valence-electron chi connectivity index (χ4n) is 1.69. The highest BCUT2D eigenvalue weighted by atomic mass is 16.1. The smallest absolute Gasteiger partial charge is 0.210 e. The maximum absolute atomic E-state index is 11.7. The van der Waals surface area contributed by atoms with Crippen molar-refractivity contribution in [2.45, 2.75) is 13.3 Å². The number of benzene rings is 2. The number of carbonyl (C=O) groups is 1. The molecule has 0 aliphatic rings. The first-order valence-corrected chi connectivity index (χ1v) is 5.89. The molecule has 0 aliphatic carbocycles. The Labute approximate surface area is 107 Å². The Kier molecular flexibility index (Phi) is 3.94. The number of hydrogen-bond donors (Lipinski definition) is 0. The van der Waals surface area contributed by atoms with Crippen molar-refractivity contribution >= 4 is 5.78 Å². The third-order valence-electron chi connectivity index (χ3n) is 2.57. The van der Waals surface area contributed by atoms with Gasteiger partial charge in [0.25, 0.3) is 0 Å². The van der Waals surface area contributed by atoms with Crippen molar-refractivity contribution in [3.63, 3.8) is 0 Å². The second-order valence-electron chi connectivity index (χ2n) is 4.21. The SMILES string of the molecule is Cc1cccc(C#CC(=O)Cc2ccccc2)c1. The minimum atomic E-state index is -0.0530. The third kappa shape index (κ3) is 3.61. The van der Waals surface area contributed by atoms with Gasteiger partial charge in [-0.2, -0.15) is 0 Å². The molecule has 2 aromatic carbocycles. The number of carbonyl (C=O) groups excluding carboxylic acids is 1. The summed E-state index contributed by atoms with van der Waals surface area (Å²) in [6, 6.07) is 17.5. The molecule has 1 heteroatoms. The molecular weight excluding hydrogens is 220 g/mol. The Morgan fingerprint density at radius 3 is 2.56 bits per heavy atom. The molecule has 0 N–H and O–H groups in total. The molecule has 1 nitrogen and oxygen atoms in total. The summed E-state index contributed by atoms with van der Waals surface area (Å²) < 4.78 is 0. The summed E-state index contributed by atoms with van der Waals surface area (Å²) in [5.41, 5.74) is 3.04. The van der Waals surface area contributed by atoms with Crippen LogP contribution in [-0.4, -0.2) is 5.78 Å². The van der Waals surface area contributed by atoms with Gasteiger partial charge in [-0.05, 0) is 36.1 Å². The summed E-state index contributed by atoms with van der Waals surface area (Å²) in [4.78, 5) is 11.7. The molecule has 88 valence electrons. The maximum atomic E-state index is 11.7. The van der Waals surface area contributed by atoms with Gasteiger partial charge in [-0.3, -0.25) is 4.79 Å². The molecule has 2 rings (SSSR count). The van der Waals surface area contributed by atoms with Gasteiger partial charge in [-0.25, -0.2) is 0 Å². The lowest BCUT2D eigenvalue weighted by molar-refractivity contribution is -0.113. The summed E-state index contributed by atoms with van der Waals surface area (Å²) in [5.74, 6) is 5.54. The van der Waals surface area contributed by atoms with Crippen LogP contribution in [0.25, 0.3) is 0 Å². The van der Waals surface area contributed by atoms with E-state index in [1.807, 2.05) is 61.5 Å². The molecule has 0 unspecified atom stereocenters. The van der Waals surface area contributed by atoms with E-state index in [0.717, 1.165) is 16.7 Å². The lowest BCUT2D eigenvalue weighted by Crippen LogP contribution is -1.98. The molecule has 0 saturated carbocycles. The van der Waals surface area contributed by atoms with E-state index in [1.165, 1.54) is 0 Å². The molecule has 0 spiro atoms. The van der Waals surface area contributed by atoms with E-state index in [1.54, 1.807) is 0 Å². The topological polar surface area (TPSA) is 17.1 Å². The molecule has 0 aromatic heterocycles. The van der Waals surface area contributed by atoms with E-state index in [-0.39, 0.29) is 5.78 Å². The number of aryl methyl sites for hydroxylation is 1. The first kappa shape index (κ1) is 12.1. The summed E-state index contributed by atoms with van der Waals surface area (Å²) in [5, 5.41) is 0. The number of ketones is 1. The van der Waals surface area contributed by atoms with E-state index in [2.05, 4.69) is 11.8 Å². The van der Waals surface area contributed by atoms with E-state index in [0.29, 0.717) is 6.42 Å². The molecule has 18 heavy (non-hydrogen) atoms. The van der Waals surface area contributed by atoms with Crippen LogP contribution in [0, 0.1) is 18.8 Å². The highest BCUT2D eigenvalue weighted by Crippen LogP contribution is 2.02. The van der Waals surface area contributed by atoms with Gasteiger partial charge in [0.05, 0.1) is 0 Å². The van der Waals surface area contributed by atoms with Crippen molar-refractivity contribution in [3.8, 4) is 11.8 Å². The second kappa shape index (κ2) is 5.84. The predicted molar refractivity (Wildman–Crippen MR) is 73.2 cm³/mol.